The number of benzene rings is 2. The van der Waals surface area contributed by atoms with E-state index in [2.05, 4.69) is 5.32 Å². The van der Waals surface area contributed by atoms with Crippen molar-refractivity contribution >= 4 is 23.9 Å². The van der Waals surface area contributed by atoms with Gasteiger partial charge in [-0.1, -0.05) is 31.7 Å². The molecule has 3 amide bonds. The first-order chi connectivity index (χ1) is 19.3. The molecule has 1 fully saturated rings. The third-order valence-corrected chi connectivity index (χ3v) is 7.54. The molecule has 2 aromatic rings. The highest BCUT2D eigenvalue weighted by Crippen LogP contribution is 2.33. The number of amides is 3. The molecule has 9 heteroatoms. The van der Waals surface area contributed by atoms with Gasteiger partial charge < -0.3 is 30.2 Å². The predicted octanol–water partition coefficient (Wildman–Crippen LogP) is 4.56. The molecule has 40 heavy (non-hydrogen) atoms. The van der Waals surface area contributed by atoms with Crippen LogP contribution in [-0.2, 0) is 25.5 Å². The van der Waals surface area contributed by atoms with Crippen LogP contribution in [0.15, 0.2) is 36.4 Å². The van der Waals surface area contributed by atoms with Crippen molar-refractivity contribution in [1.29, 1.82) is 0 Å². The predicted molar refractivity (Wildman–Crippen MR) is 154 cm³/mol. The molecule has 3 rings (SSSR count). The SMILES string of the molecule is COc1cc(OC)cc(C(Cc2ccc(NC(=O)CCC3CCCC3)cc2C)N(C=O)CCCOCC(N)=O)c1. The molecule has 0 saturated heterocycles. The van der Waals surface area contributed by atoms with E-state index in [1.807, 2.05) is 37.3 Å². The van der Waals surface area contributed by atoms with Gasteiger partial charge in [-0.25, -0.2) is 0 Å². The van der Waals surface area contributed by atoms with Crippen molar-refractivity contribution in [2.45, 2.75) is 64.3 Å². The smallest absolute Gasteiger partial charge is 0.243 e. The van der Waals surface area contributed by atoms with Crippen LogP contribution in [-0.4, -0.2) is 57.1 Å². The van der Waals surface area contributed by atoms with Crippen molar-refractivity contribution < 1.29 is 28.6 Å². The fourth-order valence-electron chi connectivity index (χ4n) is 5.32. The minimum Gasteiger partial charge on any atom is -0.497 e. The molecule has 1 saturated carbocycles. The highest BCUT2D eigenvalue weighted by Gasteiger charge is 2.23. The Morgan fingerprint density at radius 3 is 2.40 bits per heavy atom. The van der Waals surface area contributed by atoms with Crippen LogP contribution in [0.5, 0.6) is 11.5 Å². The topological polar surface area (TPSA) is 120 Å². The summed E-state index contributed by atoms with van der Waals surface area (Å²) in [5, 5.41) is 3.05. The first-order valence-corrected chi connectivity index (χ1v) is 14.0. The minimum absolute atomic E-state index is 0.0473. The average molecular weight is 554 g/mol. The normalized spacial score (nSPS) is 14.0. The summed E-state index contributed by atoms with van der Waals surface area (Å²) in [7, 11) is 3.18. The van der Waals surface area contributed by atoms with E-state index in [1.165, 1.54) is 25.7 Å². The third kappa shape index (κ3) is 9.55. The molecule has 0 heterocycles. The van der Waals surface area contributed by atoms with E-state index in [9.17, 15) is 14.4 Å². The summed E-state index contributed by atoms with van der Waals surface area (Å²) in [4.78, 5) is 37.5. The number of nitrogens with one attached hydrogen (secondary N) is 1. The van der Waals surface area contributed by atoms with Crippen LogP contribution in [0.25, 0.3) is 0 Å². The molecule has 1 aliphatic carbocycles. The number of methoxy groups -OCH3 is 2. The van der Waals surface area contributed by atoms with Crippen molar-refractivity contribution in [3.05, 3.63) is 53.1 Å². The van der Waals surface area contributed by atoms with E-state index in [1.54, 1.807) is 25.2 Å². The van der Waals surface area contributed by atoms with E-state index >= 15 is 0 Å². The number of carbonyl (C=O) groups excluding carboxylic acids is 3. The van der Waals surface area contributed by atoms with Gasteiger partial charge in [0.1, 0.15) is 18.1 Å². The molecule has 218 valence electrons. The van der Waals surface area contributed by atoms with Gasteiger partial charge in [-0.15, -0.1) is 0 Å². The van der Waals surface area contributed by atoms with Crippen LogP contribution < -0.4 is 20.5 Å². The Morgan fingerprint density at radius 1 is 1.10 bits per heavy atom. The van der Waals surface area contributed by atoms with Crippen LogP contribution in [0.3, 0.4) is 0 Å². The molecule has 2 aromatic carbocycles. The third-order valence-electron chi connectivity index (χ3n) is 7.54. The number of aryl methyl sites for hydroxylation is 1. The van der Waals surface area contributed by atoms with Crippen LogP contribution >= 0.6 is 0 Å². The zero-order chi connectivity index (χ0) is 28.9. The van der Waals surface area contributed by atoms with Gasteiger partial charge in [-0.3, -0.25) is 14.4 Å². The van der Waals surface area contributed by atoms with Crippen molar-refractivity contribution in [2.75, 3.05) is 39.3 Å². The lowest BCUT2D eigenvalue weighted by molar-refractivity contribution is -0.123. The molecule has 0 radical (unpaired) electrons. The van der Waals surface area contributed by atoms with Gasteiger partial charge in [0.2, 0.25) is 18.2 Å². The van der Waals surface area contributed by atoms with Gasteiger partial charge in [0, 0.05) is 31.3 Å². The summed E-state index contributed by atoms with van der Waals surface area (Å²) in [6.45, 7) is 2.58. The summed E-state index contributed by atoms with van der Waals surface area (Å²) < 4.78 is 16.3. The first-order valence-electron chi connectivity index (χ1n) is 14.0. The van der Waals surface area contributed by atoms with E-state index in [0.29, 0.717) is 49.8 Å². The lowest BCUT2D eigenvalue weighted by Gasteiger charge is -2.30. The maximum Gasteiger partial charge on any atom is 0.243 e. The number of hydrogen-bond donors (Lipinski definition) is 2. The number of primary amides is 1. The van der Waals surface area contributed by atoms with E-state index < -0.39 is 5.91 Å². The Hall–Kier alpha value is -3.59. The summed E-state index contributed by atoms with van der Waals surface area (Å²) in [5.41, 5.74) is 8.85. The molecule has 0 bridgehead atoms. The number of nitrogens with zero attached hydrogens (tertiary/aromatic N) is 1. The number of rotatable bonds is 17. The van der Waals surface area contributed by atoms with Crippen LogP contribution in [0.1, 0.15) is 67.7 Å². The number of hydrogen-bond acceptors (Lipinski definition) is 6. The largest absolute Gasteiger partial charge is 0.497 e. The average Bonchev–Trinajstić information content (AvgIpc) is 3.47. The lowest BCUT2D eigenvalue weighted by atomic mass is 9.94. The molecular weight excluding hydrogens is 510 g/mol. The molecule has 9 nitrogen and oxygen atoms in total. The fourth-order valence-corrected chi connectivity index (χ4v) is 5.32. The summed E-state index contributed by atoms with van der Waals surface area (Å²) in [6.07, 6.45) is 8.43. The Bertz CT molecular complexity index is 1110. The highest BCUT2D eigenvalue weighted by molar-refractivity contribution is 5.90. The number of nitrogens with two attached hydrogens (primary N) is 1. The summed E-state index contributed by atoms with van der Waals surface area (Å²) in [5.74, 6) is 1.45. The van der Waals surface area contributed by atoms with Crippen LogP contribution in [0, 0.1) is 12.8 Å². The summed E-state index contributed by atoms with van der Waals surface area (Å²) in [6, 6.07) is 11.2. The van der Waals surface area contributed by atoms with Crippen molar-refractivity contribution in [2.24, 2.45) is 11.7 Å². The van der Waals surface area contributed by atoms with E-state index in [0.717, 1.165) is 35.2 Å². The zero-order valence-corrected chi connectivity index (χ0v) is 23.9. The molecule has 0 aliphatic heterocycles. The molecule has 1 unspecified atom stereocenters. The zero-order valence-electron chi connectivity index (χ0n) is 23.9. The van der Waals surface area contributed by atoms with Crippen molar-refractivity contribution in [3.8, 4) is 11.5 Å². The lowest BCUT2D eigenvalue weighted by Crippen LogP contribution is -2.31. The second kappa shape index (κ2) is 15.9. The van der Waals surface area contributed by atoms with Gasteiger partial charge in [-0.2, -0.15) is 0 Å². The second-order valence-electron chi connectivity index (χ2n) is 10.5. The monoisotopic (exact) mass is 553 g/mol. The molecule has 3 N–H and O–H groups in total. The maximum atomic E-state index is 12.5. The van der Waals surface area contributed by atoms with Gasteiger partial charge in [0.25, 0.3) is 0 Å². The number of carbonyl (C=O) groups is 3. The second-order valence-corrected chi connectivity index (χ2v) is 10.5. The molecule has 1 aliphatic rings. The van der Waals surface area contributed by atoms with Crippen LogP contribution in [0.2, 0.25) is 0 Å². The highest BCUT2D eigenvalue weighted by atomic mass is 16.5. The molecule has 1 atom stereocenters. The van der Waals surface area contributed by atoms with Crippen molar-refractivity contribution in [3.63, 3.8) is 0 Å². The van der Waals surface area contributed by atoms with Gasteiger partial charge >= 0.3 is 0 Å². The van der Waals surface area contributed by atoms with E-state index in [-0.39, 0.29) is 18.6 Å². The van der Waals surface area contributed by atoms with Crippen molar-refractivity contribution in [1.82, 2.24) is 4.90 Å². The Labute approximate surface area is 237 Å². The van der Waals surface area contributed by atoms with Gasteiger partial charge in [0.15, 0.2) is 0 Å². The minimum atomic E-state index is -0.530. The number of ether oxygens (including phenoxy) is 3. The maximum absolute atomic E-state index is 12.5. The quantitative estimate of drug-likeness (QED) is 0.219. The fraction of sp³-hybridized carbons (Fsp3) is 0.516. The Morgan fingerprint density at radius 2 is 1.80 bits per heavy atom. The summed E-state index contributed by atoms with van der Waals surface area (Å²) >= 11 is 0. The number of anilines is 1. The van der Waals surface area contributed by atoms with Gasteiger partial charge in [0.05, 0.1) is 20.3 Å². The van der Waals surface area contributed by atoms with Crippen LogP contribution in [0.4, 0.5) is 5.69 Å². The molecular formula is C31H43N3O6. The molecule has 0 spiro atoms. The first kappa shape index (κ1) is 30.9. The Balaban J connectivity index is 1.75. The molecule has 0 aromatic heterocycles. The van der Waals surface area contributed by atoms with E-state index in [4.69, 9.17) is 19.9 Å². The van der Waals surface area contributed by atoms with Gasteiger partial charge in [-0.05, 0) is 73.1 Å². The standard InChI is InChI=1S/C31H43N3O6/c1-22-15-26(33-31(37)12-9-23-7-4-5-8-23)11-10-24(22)18-29(25-16-27(38-2)19-28(17-25)39-3)34(21-35)13-6-14-40-20-30(32)36/h10-11,15-17,19,21,23,29H,4-9,12-14,18,20H2,1-3H3,(H2,32,36)(H,33,37). The Kier molecular flexibility index (Phi) is 12.3.